The van der Waals surface area contributed by atoms with Gasteiger partial charge in [-0.3, -0.25) is 0 Å². The number of anilines is 1. The summed E-state index contributed by atoms with van der Waals surface area (Å²) in [7, 11) is 0. The normalized spacial score (nSPS) is 12.6. The van der Waals surface area contributed by atoms with Gasteiger partial charge >= 0.3 is 0 Å². The van der Waals surface area contributed by atoms with Crippen molar-refractivity contribution in [2.24, 2.45) is 0 Å². The SMILES string of the molecule is CCC(C)SCc1noc(-c2cc(Br)cc(Br)c2N)n1. The Morgan fingerprint density at radius 1 is 1.40 bits per heavy atom. The van der Waals surface area contributed by atoms with Gasteiger partial charge in [-0.25, -0.2) is 0 Å². The Kier molecular flexibility index (Phi) is 5.51. The third-order valence-corrected chi connectivity index (χ3v) is 5.31. The minimum absolute atomic E-state index is 0.448. The van der Waals surface area contributed by atoms with Gasteiger partial charge in [0.1, 0.15) is 0 Å². The van der Waals surface area contributed by atoms with E-state index in [1.807, 2.05) is 23.9 Å². The fourth-order valence-corrected chi connectivity index (χ4v) is 3.53. The molecule has 0 radical (unpaired) electrons. The highest BCUT2D eigenvalue weighted by molar-refractivity contribution is 9.11. The molecule has 0 aliphatic carbocycles. The zero-order valence-electron chi connectivity index (χ0n) is 11.2. The molecule has 7 heteroatoms. The van der Waals surface area contributed by atoms with Crippen molar-refractivity contribution >= 4 is 49.3 Å². The van der Waals surface area contributed by atoms with Crippen LogP contribution in [-0.4, -0.2) is 15.4 Å². The summed E-state index contributed by atoms with van der Waals surface area (Å²) in [5, 5.41) is 4.59. The number of hydrogen-bond donors (Lipinski definition) is 1. The lowest BCUT2D eigenvalue weighted by Gasteiger charge is -2.05. The van der Waals surface area contributed by atoms with Gasteiger partial charge in [0.15, 0.2) is 5.82 Å². The van der Waals surface area contributed by atoms with E-state index >= 15 is 0 Å². The molecule has 2 rings (SSSR count). The molecule has 0 amide bonds. The monoisotopic (exact) mass is 419 g/mol. The van der Waals surface area contributed by atoms with Crippen molar-refractivity contribution in [3.05, 3.63) is 26.9 Å². The Hall–Kier alpha value is -0.530. The number of aromatic nitrogens is 2. The van der Waals surface area contributed by atoms with Gasteiger partial charge in [-0.15, -0.1) is 0 Å². The molecule has 1 heterocycles. The smallest absolute Gasteiger partial charge is 0.260 e. The van der Waals surface area contributed by atoms with Crippen LogP contribution in [-0.2, 0) is 5.75 Å². The topological polar surface area (TPSA) is 64.9 Å². The molecule has 4 nitrogen and oxygen atoms in total. The molecule has 0 bridgehead atoms. The summed E-state index contributed by atoms with van der Waals surface area (Å²) in [4.78, 5) is 4.41. The summed E-state index contributed by atoms with van der Waals surface area (Å²) in [5.74, 6) is 1.89. The third kappa shape index (κ3) is 3.77. The largest absolute Gasteiger partial charge is 0.397 e. The van der Waals surface area contributed by atoms with E-state index in [1.165, 1.54) is 0 Å². The van der Waals surface area contributed by atoms with E-state index in [0.29, 0.717) is 22.7 Å². The minimum Gasteiger partial charge on any atom is -0.397 e. The summed E-state index contributed by atoms with van der Waals surface area (Å²) in [6.45, 7) is 4.36. The Balaban J connectivity index is 2.21. The predicted molar refractivity (Wildman–Crippen MR) is 90.6 cm³/mol. The fourth-order valence-electron chi connectivity index (χ4n) is 1.52. The van der Waals surface area contributed by atoms with Gasteiger partial charge in [-0.2, -0.15) is 16.7 Å². The number of benzene rings is 1. The quantitative estimate of drug-likeness (QED) is 0.698. The zero-order chi connectivity index (χ0) is 14.7. The molecule has 0 spiro atoms. The van der Waals surface area contributed by atoms with Crippen molar-refractivity contribution in [2.45, 2.75) is 31.3 Å². The van der Waals surface area contributed by atoms with Crippen molar-refractivity contribution in [1.29, 1.82) is 0 Å². The van der Waals surface area contributed by atoms with Gasteiger partial charge in [0.25, 0.3) is 5.89 Å². The highest BCUT2D eigenvalue weighted by atomic mass is 79.9. The lowest BCUT2D eigenvalue weighted by molar-refractivity contribution is 0.425. The van der Waals surface area contributed by atoms with Crippen LogP contribution in [0.2, 0.25) is 0 Å². The second-order valence-electron chi connectivity index (χ2n) is 4.39. The first-order valence-electron chi connectivity index (χ1n) is 6.20. The van der Waals surface area contributed by atoms with Crippen LogP contribution in [0.1, 0.15) is 26.1 Å². The summed E-state index contributed by atoms with van der Waals surface area (Å²) >= 11 is 8.66. The van der Waals surface area contributed by atoms with Gasteiger partial charge in [0, 0.05) is 14.2 Å². The average Bonchev–Trinajstić information content (AvgIpc) is 2.88. The van der Waals surface area contributed by atoms with Crippen molar-refractivity contribution in [3.63, 3.8) is 0 Å². The van der Waals surface area contributed by atoms with Gasteiger partial charge < -0.3 is 10.3 Å². The minimum atomic E-state index is 0.448. The molecule has 1 aromatic carbocycles. The third-order valence-electron chi connectivity index (χ3n) is 2.86. The van der Waals surface area contributed by atoms with Crippen LogP contribution in [0.3, 0.4) is 0 Å². The summed E-state index contributed by atoms with van der Waals surface area (Å²) in [6, 6.07) is 3.76. The van der Waals surface area contributed by atoms with Crippen LogP contribution >= 0.6 is 43.6 Å². The lowest BCUT2D eigenvalue weighted by Crippen LogP contribution is -1.95. The van der Waals surface area contributed by atoms with Gasteiger partial charge in [0.2, 0.25) is 0 Å². The number of hydrogen-bond acceptors (Lipinski definition) is 5. The van der Waals surface area contributed by atoms with Crippen molar-refractivity contribution < 1.29 is 4.52 Å². The standard InChI is InChI=1S/C13H15Br2N3OS/c1-3-7(2)20-6-11-17-13(19-18-11)9-4-8(14)5-10(15)12(9)16/h4-5,7H,3,6,16H2,1-2H3. The van der Waals surface area contributed by atoms with E-state index in [9.17, 15) is 0 Å². The Morgan fingerprint density at radius 2 is 2.15 bits per heavy atom. The van der Waals surface area contributed by atoms with Crippen molar-refractivity contribution in [2.75, 3.05) is 5.73 Å². The zero-order valence-corrected chi connectivity index (χ0v) is 15.2. The molecular formula is C13H15Br2N3OS. The first kappa shape index (κ1) is 15.9. The van der Waals surface area contributed by atoms with Crippen LogP contribution in [0.5, 0.6) is 0 Å². The van der Waals surface area contributed by atoms with Gasteiger partial charge in [-0.05, 0) is 34.5 Å². The molecule has 1 unspecified atom stereocenters. The van der Waals surface area contributed by atoms with Crippen LogP contribution in [0.15, 0.2) is 25.6 Å². The number of nitrogens with zero attached hydrogens (tertiary/aromatic N) is 2. The highest BCUT2D eigenvalue weighted by Gasteiger charge is 2.15. The molecule has 0 aliphatic heterocycles. The van der Waals surface area contributed by atoms with E-state index in [-0.39, 0.29) is 0 Å². The fraction of sp³-hybridized carbons (Fsp3) is 0.385. The molecule has 2 N–H and O–H groups in total. The van der Waals surface area contributed by atoms with Crippen LogP contribution in [0.4, 0.5) is 5.69 Å². The maximum Gasteiger partial charge on any atom is 0.260 e. The molecular weight excluding hydrogens is 406 g/mol. The molecule has 0 saturated carbocycles. The molecule has 1 aromatic heterocycles. The van der Waals surface area contributed by atoms with Crippen LogP contribution in [0.25, 0.3) is 11.5 Å². The predicted octanol–water partition coefficient (Wildman–Crippen LogP) is 4.88. The second-order valence-corrected chi connectivity index (χ2v) is 7.59. The summed E-state index contributed by atoms with van der Waals surface area (Å²) in [6.07, 6.45) is 1.13. The molecule has 0 saturated heterocycles. The van der Waals surface area contributed by atoms with Crippen molar-refractivity contribution in [1.82, 2.24) is 10.1 Å². The Bertz CT molecular complexity index is 603. The molecule has 0 aliphatic rings. The molecule has 108 valence electrons. The van der Waals surface area contributed by atoms with Gasteiger partial charge in [0.05, 0.1) is 17.0 Å². The lowest BCUT2D eigenvalue weighted by atomic mass is 10.2. The highest BCUT2D eigenvalue weighted by Crippen LogP contribution is 2.34. The number of nitrogen functional groups attached to an aromatic ring is 1. The van der Waals surface area contributed by atoms with E-state index < -0.39 is 0 Å². The number of nitrogens with two attached hydrogens (primary N) is 1. The molecule has 2 aromatic rings. The van der Waals surface area contributed by atoms with Crippen molar-refractivity contribution in [3.8, 4) is 11.5 Å². The number of halogens is 2. The average molecular weight is 421 g/mol. The Labute approximate surface area is 139 Å². The first-order chi connectivity index (χ1) is 9.51. The summed E-state index contributed by atoms with van der Waals surface area (Å²) in [5.41, 5.74) is 7.37. The van der Waals surface area contributed by atoms with Crippen LogP contribution < -0.4 is 5.73 Å². The summed E-state index contributed by atoms with van der Waals surface area (Å²) < 4.78 is 7.02. The molecule has 0 fully saturated rings. The molecule has 1 atom stereocenters. The maximum absolute atomic E-state index is 6.04. The number of rotatable bonds is 5. The van der Waals surface area contributed by atoms with Gasteiger partial charge in [-0.1, -0.05) is 34.9 Å². The molecule has 20 heavy (non-hydrogen) atoms. The second kappa shape index (κ2) is 6.95. The Morgan fingerprint density at radius 3 is 2.85 bits per heavy atom. The van der Waals surface area contributed by atoms with E-state index in [1.54, 1.807) is 0 Å². The van der Waals surface area contributed by atoms with E-state index in [4.69, 9.17) is 10.3 Å². The van der Waals surface area contributed by atoms with E-state index in [0.717, 1.165) is 26.7 Å². The number of thioether (sulfide) groups is 1. The first-order valence-corrected chi connectivity index (χ1v) is 8.83. The van der Waals surface area contributed by atoms with Crippen LogP contribution in [0, 0.1) is 0 Å². The van der Waals surface area contributed by atoms with E-state index in [2.05, 4.69) is 55.8 Å². The maximum atomic E-state index is 6.04.